The van der Waals surface area contributed by atoms with E-state index in [1.54, 1.807) is 11.2 Å². The number of hydrogen-bond acceptors (Lipinski definition) is 4. The number of hydrogen-bond donors (Lipinski definition) is 1. The van der Waals surface area contributed by atoms with Gasteiger partial charge in [0.2, 0.25) is 15.9 Å². The number of furan rings is 1. The Morgan fingerprint density at radius 3 is 3.00 bits per heavy atom. The van der Waals surface area contributed by atoms with Crippen LogP contribution in [0.3, 0.4) is 0 Å². The molecule has 21 heavy (non-hydrogen) atoms. The summed E-state index contributed by atoms with van der Waals surface area (Å²) in [6.07, 6.45) is 4.04. The van der Waals surface area contributed by atoms with E-state index in [0.29, 0.717) is 6.54 Å². The van der Waals surface area contributed by atoms with Gasteiger partial charge >= 0.3 is 0 Å². The number of likely N-dealkylation sites (tertiary alicyclic amines) is 1. The zero-order valence-corrected chi connectivity index (χ0v) is 12.8. The molecule has 0 unspecified atom stereocenters. The molecule has 1 amide bonds. The molecule has 0 spiro atoms. The van der Waals surface area contributed by atoms with Gasteiger partial charge < -0.3 is 9.32 Å². The van der Waals surface area contributed by atoms with E-state index >= 15 is 0 Å². The van der Waals surface area contributed by atoms with Gasteiger partial charge in [-0.3, -0.25) is 4.79 Å². The molecule has 1 aliphatic carbocycles. The number of carbonyl (C=O) groups excluding carboxylic acids is 1. The van der Waals surface area contributed by atoms with Crippen LogP contribution in [0.5, 0.6) is 0 Å². The Balaban J connectivity index is 1.65. The first kappa shape index (κ1) is 14.6. The highest BCUT2D eigenvalue weighted by atomic mass is 32.2. The Morgan fingerprint density at radius 1 is 1.52 bits per heavy atom. The summed E-state index contributed by atoms with van der Waals surface area (Å²) in [6.45, 7) is 0.657. The predicted molar refractivity (Wildman–Crippen MR) is 77.1 cm³/mol. The summed E-state index contributed by atoms with van der Waals surface area (Å²) in [5.74, 6) is 1.04. The number of amides is 1. The van der Waals surface area contributed by atoms with E-state index in [2.05, 4.69) is 4.72 Å². The van der Waals surface area contributed by atoms with Gasteiger partial charge in [0.25, 0.3) is 0 Å². The second-order valence-electron chi connectivity index (χ2n) is 5.78. The zero-order valence-electron chi connectivity index (χ0n) is 12.0. The average molecular weight is 312 g/mol. The molecule has 3 rings (SSSR count). The van der Waals surface area contributed by atoms with Crippen LogP contribution in [0.25, 0.3) is 0 Å². The van der Waals surface area contributed by atoms with Crippen molar-refractivity contribution in [3.63, 3.8) is 0 Å². The molecule has 1 saturated carbocycles. The first-order valence-electron chi connectivity index (χ1n) is 7.27. The topological polar surface area (TPSA) is 79.6 Å². The van der Waals surface area contributed by atoms with E-state index < -0.39 is 10.0 Å². The minimum atomic E-state index is -3.29. The minimum Gasteiger partial charge on any atom is -0.469 e. The summed E-state index contributed by atoms with van der Waals surface area (Å²) in [4.78, 5) is 14.3. The van der Waals surface area contributed by atoms with E-state index in [1.165, 1.54) is 7.05 Å². The highest BCUT2D eigenvalue weighted by molar-refractivity contribution is 7.89. The van der Waals surface area contributed by atoms with Gasteiger partial charge in [-0.25, -0.2) is 13.1 Å². The van der Waals surface area contributed by atoms with Crippen molar-refractivity contribution >= 4 is 15.9 Å². The van der Waals surface area contributed by atoms with Crippen LogP contribution in [0.4, 0.5) is 0 Å². The third kappa shape index (κ3) is 2.98. The Bertz CT molecular complexity index is 611. The summed E-state index contributed by atoms with van der Waals surface area (Å²) >= 11 is 0. The number of nitrogens with zero attached hydrogens (tertiary/aromatic N) is 1. The Labute approximate surface area is 124 Å². The molecule has 2 heterocycles. The normalized spacial score (nSPS) is 28.8. The van der Waals surface area contributed by atoms with Crippen molar-refractivity contribution in [3.8, 4) is 0 Å². The lowest BCUT2D eigenvalue weighted by atomic mass is 10.2. The fourth-order valence-electron chi connectivity index (χ4n) is 3.13. The summed E-state index contributed by atoms with van der Waals surface area (Å²) in [5, 5.41) is 0. The molecule has 6 nitrogen and oxygen atoms in total. The van der Waals surface area contributed by atoms with Crippen LogP contribution in [0.15, 0.2) is 22.8 Å². The van der Waals surface area contributed by atoms with Gasteiger partial charge in [0.15, 0.2) is 0 Å². The molecule has 0 aromatic carbocycles. The van der Waals surface area contributed by atoms with Crippen LogP contribution in [0.1, 0.15) is 30.9 Å². The van der Waals surface area contributed by atoms with Crippen molar-refractivity contribution in [2.45, 2.75) is 31.2 Å². The molecule has 1 aromatic heterocycles. The van der Waals surface area contributed by atoms with Gasteiger partial charge in [-0.05, 0) is 38.4 Å². The second kappa shape index (κ2) is 5.46. The summed E-state index contributed by atoms with van der Waals surface area (Å²) in [5.41, 5.74) is 0. The average Bonchev–Trinajstić information content (AvgIpc) is 2.88. The van der Waals surface area contributed by atoms with Gasteiger partial charge in [-0.2, -0.15) is 0 Å². The highest BCUT2D eigenvalue weighted by Crippen LogP contribution is 2.49. The summed E-state index contributed by atoms with van der Waals surface area (Å²) in [6, 6.07) is 3.52. The summed E-state index contributed by atoms with van der Waals surface area (Å²) in [7, 11) is -1.89. The predicted octanol–water partition coefficient (Wildman–Crippen LogP) is 0.923. The van der Waals surface area contributed by atoms with Crippen molar-refractivity contribution in [1.82, 2.24) is 9.62 Å². The number of rotatable bonds is 5. The maximum atomic E-state index is 12.6. The van der Waals surface area contributed by atoms with E-state index in [0.717, 1.165) is 25.0 Å². The Hall–Kier alpha value is -1.34. The lowest BCUT2D eigenvalue weighted by molar-refractivity contribution is -0.133. The molecule has 3 atom stereocenters. The van der Waals surface area contributed by atoms with Crippen LogP contribution in [0.2, 0.25) is 0 Å². The number of nitrogens with one attached hydrogen (secondary N) is 1. The van der Waals surface area contributed by atoms with Gasteiger partial charge in [-0.15, -0.1) is 0 Å². The monoisotopic (exact) mass is 312 g/mol. The van der Waals surface area contributed by atoms with E-state index in [4.69, 9.17) is 4.42 Å². The Morgan fingerprint density at radius 2 is 2.33 bits per heavy atom. The largest absolute Gasteiger partial charge is 0.469 e. The standard InChI is InChI=1S/C14H20N2O4S/c1-15-21(18,19)9-10-4-2-6-16(10)14(17)12-8-11(12)13-5-3-7-20-13/h3,5,7,10-12,15H,2,4,6,8-9H2,1H3/t10-,11+,12+/m0/s1. The minimum absolute atomic E-state index is 0.00657. The van der Waals surface area contributed by atoms with Crippen molar-refractivity contribution in [3.05, 3.63) is 24.2 Å². The lowest BCUT2D eigenvalue weighted by Gasteiger charge is -2.24. The maximum Gasteiger partial charge on any atom is 0.226 e. The smallest absolute Gasteiger partial charge is 0.226 e. The molecule has 1 aliphatic heterocycles. The highest BCUT2D eigenvalue weighted by Gasteiger charge is 2.49. The summed E-state index contributed by atoms with van der Waals surface area (Å²) < 4.78 is 31.1. The first-order valence-corrected chi connectivity index (χ1v) is 8.92. The van der Waals surface area contributed by atoms with Crippen LogP contribution < -0.4 is 4.72 Å². The molecule has 0 radical (unpaired) electrons. The van der Waals surface area contributed by atoms with Crippen LogP contribution >= 0.6 is 0 Å². The van der Waals surface area contributed by atoms with Crippen molar-refractivity contribution in [2.75, 3.05) is 19.3 Å². The molecule has 0 bridgehead atoms. The van der Waals surface area contributed by atoms with Gasteiger partial charge in [0.05, 0.1) is 12.0 Å². The van der Waals surface area contributed by atoms with Crippen LogP contribution in [0, 0.1) is 5.92 Å². The molecule has 2 fully saturated rings. The molecule has 1 saturated heterocycles. The molecule has 116 valence electrons. The van der Waals surface area contributed by atoms with Gasteiger partial charge in [0.1, 0.15) is 5.76 Å². The van der Waals surface area contributed by atoms with Crippen LogP contribution in [-0.4, -0.2) is 44.6 Å². The van der Waals surface area contributed by atoms with E-state index in [1.807, 2.05) is 12.1 Å². The SMILES string of the molecule is CNS(=O)(=O)C[C@@H]1CCCN1C(=O)[C@@H]1C[C@H]1c1ccco1. The molecular weight excluding hydrogens is 292 g/mol. The van der Waals surface area contributed by atoms with Crippen molar-refractivity contribution in [1.29, 1.82) is 0 Å². The van der Waals surface area contributed by atoms with Gasteiger partial charge in [0, 0.05) is 24.4 Å². The molecule has 1 aromatic rings. The van der Waals surface area contributed by atoms with Crippen molar-refractivity contribution < 1.29 is 17.6 Å². The Kier molecular flexibility index (Phi) is 3.79. The zero-order chi connectivity index (χ0) is 15.0. The fraction of sp³-hybridized carbons (Fsp3) is 0.643. The lowest BCUT2D eigenvalue weighted by Crippen LogP contribution is -2.42. The molecule has 2 aliphatic rings. The second-order valence-corrected chi connectivity index (χ2v) is 7.75. The molecule has 7 heteroatoms. The van der Waals surface area contributed by atoms with E-state index in [9.17, 15) is 13.2 Å². The maximum absolute atomic E-state index is 12.6. The van der Waals surface area contributed by atoms with E-state index in [-0.39, 0.29) is 29.5 Å². The van der Waals surface area contributed by atoms with Gasteiger partial charge in [-0.1, -0.05) is 0 Å². The number of sulfonamides is 1. The molecule has 1 N–H and O–H groups in total. The van der Waals surface area contributed by atoms with Crippen molar-refractivity contribution in [2.24, 2.45) is 5.92 Å². The van der Waals surface area contributed by atoms with Crippen LogP contribution in [-0.2, 0) is 14.8 Å². The fourth-order valence-corrected chi connectivity index (χ4v) is 4.15. The third-order valence-corrected chi connectivity index (χ3v) is 5.84. The molecular formula is C14H20N2O4S. The first-order chi connectivity index (χ1) is 10.0. The number of carbonyl (C=O) groups is 1. The third-order valence-electron chi connectivity index (χ3n) is 4.40. The quantitative estimate of drug-likeness (QED) is 0.877.